The minimum absolute atomic E-state index is 0.00292. The minimum atomic E-state index is -0.134. The van der Waals surface area contributed by atoms with Crippen molar-refractivity contribution in [2.45, 2.75) is 26.3 Å². The van der Waals surface area contributed by atoms with Gasteiger partial charge in [-0.1, -0.05) is 13.8 Å². The number of alkyl halides is 1. The molecular weight excluding hydrogens is 304 g/mol. The van der Waals surface area contributed by atoms with Crippen LogP contribution >= 0.6 is 27.5 Å². The van der Waals surface area contributed by atoms with Crippen molar-refractivity contribution in [3.63, 3.8) is 0 Å². The molecule has 0 saturated heterocycles. The van der Waals surface area contributed by atoms with Crippen molar-refractivity contribution >= 4 is 33.4 Å². The molecule has 0 radical (unpaired) electrons. The third kappa shape index (κ3) is 5.04. The Morgan fingerprint density at radius 3 is 2.76 bits per heavy atom. The quantitative estimate of drug-likeness (QED) is 0.847. The minimum Gasteiger partial charge on any atom is -0.348 e. The maximum atomic E-state index is 11.9. The van der Waals surface area contributed by atoms with Gasteiger partial charge in [-0.2, -0.15) is 0 Å². The summed E-state index contributed by atoms with van der Waals surface area (Å²) in [6.07, 6.45) is 4.06. The van der Waals surface area contributed by atoms with E-state index in [0.717, 1.165) is 10.9 Å². The van der Waals surface area contributed by atoms with Crippen molar-refractivity contribution in [3.05, 3.63) is 28.5 Å². The molecule has 1 unspecified atom stereocenters. The van der Waals surface area contributed by atoms with E-state index in [9.17, 15) is 4.79 Å². The Bertz CT molecular complexity index is 385. The zero-order valence-corrected chi connectivity index (χ0v) is 12.3. The van der Waals surface area contributed by atoms with E-state index in [4.69, 9.17) is 11.6 Å². The summed E-state index contributed by atoms with van der Waals surface area (Å²) in [5, 5.41) is 2.91. The molecule has 0 aliphatic heterocycles. The Hall–Kier alpha value is -0.610. The van der Waals surface area contributed by atoms with E-state index < -0.39 is 0 Å². The molecule has 1 atom stereocenters. The molecule has 0 aliphatic carbocycles. The molecule has 0 aromatic carbocycles. The normalized spacial score (nSPS) is 12.5. The number of pyridine rings is 1. The van der Waals surface area contributed by atoms with Crippen LogP contribution in [0.15, 0.2) is 22.9 Å². The Kier molecular flexibility index (Phi) is 5.92. The third-order valence-corrected chi connectivity index (χ3v) is 3.05. The molecule has 1 aromatic heterocycles. The Morgan fingerprint density at radius 2 is 2.24 bits per heavy atom. The first-order chi connectivity index (χ1) is 8.02. The lowest BCUT2D eigenvalue weighted by molar-refractivity contribution is 0.0936. The second-order valence-corrected chi connectivity index (χ2v) is 5.57. The van der Waals surface area contributed by atoms with Crippen molar-refractivity contribution in [1.29, 1.82) is 0 Å². The van der Waals surface area contributed by atoms with Gasteiger partial charge in [0.25, 0.3) is 5.91 Å². The lowest BCUT2D eigenvalue weighted by Gasteiger charge is -2.17. The van der Waals surface area contributed by atoms with Crippen molar-refractivity contribution in [2.75, 3.05) is 5.88 Å². The number of rotatable bonds is 5. The molecule has 0 fully saturated rings. The molecule has 0 spiro atoms. The number of hydrogen-bond acceptors (Lipinski definition) is 2. The first-order valence-corrected chi connectivity index (χ1v) is 6.83. The Balaban J connectivity index is 2.64. The summed E-state index contributed by atoms with van der Waals surface area (Å²) in [6, 6.07) is 1.74. The number of amides is 1. The summed E-state index contributed by atoms with van der Waals surface area (Å²) in [5.41, 5.74) is 0.540. The SMILES string of the molecule is CC(C)CC(CCl)NC(=O)c1cncc(Br)c1. The summed E-state index contributed by atoms with van der Waals surface area (Å²) < 4.78 is 0.788. The largest absolute Gasteiger partial charge is 0.348 e. The maximum absolute atomic E-state index is 11.9. The van der Waals surface area contributed by atoms with Gasteiger partial charge in [0.1, 0.15) is 0 Å². The number of aromatic nitrogens is 1. The summed E-state index contributed by atoms with van der Waals surface area (Å²) in [7, 11) is 0. The molecule has 1 rings (SSSR count). The third-order valence-electron chi connectivity index (χ3n) is 2.24. The zero-order valence-electron chi connectivity index (χ0n) is 9.91. The van der Waals surface area contributed by atoms with Crippen LogP contribution in [0.3, 0.4) is 0 Å². The molecule has 1 N–H and O–H groups in total. The van der Waals surface area contributed by atoms with E-state index in [0.29, 0.717) is 17.4 Å². The second-order valence-electron chi connectivity index (χ2n) is 4.35. The van der Waals surface area contributed by atoms with Crippen LogP contribution in [0.25, 0.3) is 0 Å². The highest BCUT2D eigenvalue weighted by atomic mass is 79.9. The number of carbonyl (C=O) groups excluding carboxylic acids is 1. The standard InChI is InChI=1S/C12H16BrClN2O/c1-8(2)3-11(5-14)16-12(17)9-4-10(13)7-15-6-9/h4,6-8,11H,3,5H2,1-2H3,(H,16,17). The number of halogens is 2. The van der Waals surface area contributed by atoms with E-state index in [1.54, 1.807) is 18.5 Å². The van der Waals surface area contributed by atoms with Gasteiger partial charge in [-0.15, -0.1) is 11.6 Å². The first kappa shape index (κ1) is 14.5. The first-order valence-electron chi connectivity index (χ1n) is 5.50. The fraction of sp³-hybridized carbons (Fsp3) is 0.500. The van der Waals surface area contributed by atoms with E-state index in [-0.39, 0.29) is 11.9 Å². The molecule has 5 heteroatoms. The molecule has 0 saturated carbocycles. The zero-order chi connectivity index (χ0) is 12.8. The average Bonchev–Trinajstić information content (AvgIpc) is 2.27. The number of nitrogens with zero attached hydrogens (tertiary/aromatic N) is 1. The lowest BCUT2D eigenvalue weighted by atomic mass is 10.0. The van der Waals surface area contributed by atoms with Gasteiger partial charge in [0.15, 0.2) is 0 Å². The maximum Gasteiger partial charge on any atom is 0.253 e. The summed E-state index contributed by atoms with van der Waals surface area (Å²) in [4.78, 5) is 15.9. The van der Waals surface area contributed by atoms with Gasteiger partial charge in [-0.05, 0) is 34.3 Å². The lowest BCUT2D eigenvalue weighted by Crippen LogP contribution is -2.37. The number of carbonyl (C=O) groups is 1. The van der Waals surface area contributed by atoms with Crippen LogP contribution in [-0.2, 0) is 0 Å². The van der Waals surface area contributed by atoms with Crippen molar-refractivity contribution in [3.8, 4) is 0 Å². The van der Waals surface area contributed by atoms with Crippen LogP contribution in [0, 0.1) is 5.92 Å². The number of nitrogens with one attached hydrogen (secondary N) is 1. The van der Waals surface area contributed by atoms with Gasteiger partial charge in [-0.3, -0.25) is 9.78 Å². The van der Waals surface area contributed by atoms with Gasteiger partial charge in [0, 0.05) is 28.8 Å². The molecular formula is C12H16BrClN2O. The van der Waals surface area contributed by atoms with E-state index in [1.807, 2.05) is 0 Å². The fourth-order valence-electron chi connectivity index (χ4n) is 1.53. The van der Waals surface area contributed by atoms with Gasteiger partial charge in [-0.25, -0.2) is 0 Å². The summed E-state index contributed by atoms with van der Waals surface area (Å²) in [6.45, 7) is 4.21. The van der Waals surface area contributed by atoms with Crippen molar-refractivity contribution < 1.29 is 4.79 Å². The monoisotopic (exact) mass is 318 g/mol. The Labute approximate surface area is 115 Å². The smallest absolute Gasteiger partial charge is 0.253 e. The van der Waals surface area contributed by atoms with Gasteiger partial charge in [0.05, 0.1) is 5.56 Å². The summed E-state index contributed by atoms with van der Waals surface area (Å²) >= 11 is 9.12. The van der Waals surface area contributed by atoms with E-state index >= 15 is 0 Å². The molecule has 1 amide bonds. The predicted octanol–water partition coefficient (Wildman–Crippen LogP) is 3.23. The van der Waals surface area contributed by atoms with Gasteiger partial charge in [0.2, 0.25) is 0 Å². The molecule has 17 heavy (non-hydrogen) atoms. The van der Waals surface area contributed by atoms with E-state index in [2.05, 4.69) is 40.1 Å². The average molecular weight is 320 g/mol. The Morgan fingerprint density at radius 1 is 1.53 bits per heavy atom. The van der Waals surface area contributed by atoms with Crippen LogP contribution in [-0.4, -0.2) is 22.8 Å². The molecule has 0 bridgehead atoms. The molecule has 0 aliphatic rings. The predicted molar refractivity (Wildman–Crippen MR) is 73.4 cm³/mol. The molecule has 1 aromatic rings. The van der Waals surface area contributed by atoms with Crippen LogP contribution < -0.4 is 5.32 Å². The molecule has 94 valence electrons. The van der Waals surface area contributed by atoms with Crippen molar-refractivity contribution in [1.82, 2.24) is 10.3 Å². The van der Waals surface area contributed by atoms with Gasteiger partial charge < -0.3 is 5.32 Å². The van der Waals surface area contributed by atoms with Gasteiger partial charge >= 0.3 is 0 Å². The highest BCUT2D eigenvalue weighted by molar-refractivity contribution is 9.10. The highest BCUT2D eigenvalue weighted by Crippen LogP contribution is 2.11. The molecule has 3 nitrogen and oxygen atoms in total. The second kappa shape index (κ2) is 6.97. The van der Waals surface area contributed by atoms with Crippen LogP contribution in [0.4, 0.5) is 0 Å². The number of hydrogen-bond donors (Lipinski definition) is 1. The van der Waals surface area contributed by atoms with E-state index in [1.165, 1.54) is 0 Å². The molecule has 1 heterocycles. The summed E-state index contributed by atoms with van der Waals surface area (Å²) in [5.74, 6) is 0.788. The van der Waals surface area contributed by atoms with Crippen molar-refractivity contribution in [2.24, 2.45) is 5.92 Å². The highest BCUT2D eigenvalue weighted by Gasteiger charge is 2.14. The van der Waals surface area contributed by atoms with Crippen LogP contribution in [0.1, 0.15) is 30.6 Å². The fourth-order valence-corrected chi connectivity index (χ4v) is 2.10. The van der Waals surface area contributed by atoms with Crippen LogP contribution in [0.5, 0.6) is 0 Å². The van der Waals surface area contributed by atoms with Crippen LogP contribution in [0.2, 0.25) is 0 Å². The topological polar surface area (TPSA) is 42.0 Å².